The second-order valence-corrected chi connectivity index (χ2v) is 4.12. The first-order valence-electron chi connectivity index (χ1n) is 5.97. The maximum Gasteiger partial charge on any atom is 0.244 e. The zero-order chi connectivity index (χ0) is 13.0. The van der Waals surface area contributed by atoms with Crippen molar-refractivity contribution in [3.63, 3.8) is 0 Å². The third-order valence-corrected chi connectivity index (χ3v) is 2.98. The number of tetrazole rings is 1. The Morgan fingerprint density at radius 1 is 1.11 bits per heavy atom. The Kier molecular flexibility index (Phi) is 3.85. The van der Waals surface area contributed by atoms with E-state index < -0.39 is 0 Å². The molecule has 18 heavy (non-hydrogen) atoms. The zero-order valence-corrected chi connectivity index (χ0v) is 10.3. The molecule has 0 radical (unpaired) electrons. The van der Waals surface area contributed by atoms with Gasteiger partial charge in [-0.2, -0.15) is 0 Å². The van der Waals surface area contributed by atoms with E-state index in [0.717, 1.165) is 0 Å². The van der Waals surface area contributed by atoms with E-state index in [-0.39, 0.29) is 18.4 Å². The Morgan fingerprint density at radius 2 is 1.72 bits per heavy atom. The molecule has 0 atom stereocenters. The third-order valence-electron chi connectivity index (χ3n) is 2.98. The van der Waals surface area contributed by atoms with E-state index >= 15 is 0 Å². The molecule has 1 aromatic rings. The molecule has 1 aliphatic rings. The van der Waals surface area contributed by atoms with Gasteiger partial charge in [-0.15, -0.1) is 5.10 Å². The van der Waals surface area contributed by atoms with Gasteiger partial charge in [-0.1, -0.05) is 6.92 Å². The van der Waals surface area contributed by atoms with Gasteiger partial charge in [0.1, 0.15) is 12.9 Å². The Bertz CT molecular complexity index is 410. The lowest BCUT2D eigenvalue weighted by molar-refractivity contribution is -0.139. The lowest BCUT2D eigenvalue weighted by atomic mass is 10.3. The number of carbonyl (C=O) groups is 2. The van der Waals surface area contributed by atoms with E-state index in [1.165, 1.54) is 11.0 Å². The zero-order valence-electron chi connectivity index (χ0n) is 10.3. The van der Waals surface area contributed by atoms with Crippen molar-refractivity contribution >= 4 is 11.8 Å². The molecule has 0 saturated carbocycles. The van der Waals surface area contributed by atoms with Gasteiger partial charge >= 0.3 is 0 Å². The molecule has 1 aromatic heterocycles. The van der Waals surface area contributed by atoms with Gasteiger partial charge in [-0.05, 0) is 10.4 Å². The van der Waals surface area contributed by atoms with Crippen LogP contribution in [0.1, 0.15) is 13.3 Å². The van der Waals surface area contributed by atoms with Crippen molar-refractivity contribution in [2.75, 3.05) is 26.2 Å². The molecule has 2 amide bonds. The predicted octanol–water partition coefficient (Wildman–Crippen LogP) is -1.25. The lowest BCUT2D eigenvalue weighted by Gasteiger charge is -2.34. The van der Waals surface area contributed by atoms with Crippen molar-refractivity contribution in [1.29, 1.82) is 0 Å². The highest BCUT2D eigenvalue weighted by Gasteiger charge is 2.23. The van der Waals surface area contributed by atoms with Crippen molar-refractivity contribution < 1.29 is 9.59 Å². The van der Waals surface area contributed by atoms with Gasteiger partial charge in [-0.25, -0.2) is 4.68 Å². The summed E-state index contributed by atoms with van der Waals surface area (Å²) in [6.45, 7) is 4.35. The molecule has 2 rings (SSSR count). The van der Waals surface area contributed by atoms with Crippen LogP contribution in [-0.2, 0) is 16.1 Å². The number of piperazine rings is 1. The SMILES string of the molecule is CCC(=O)N1CCN(C(=O)Cn2cnnn2)CC1. The normalized spacial score (nSPS) is 15.8. The largest absolute Gasteiger partial charge is 0.339 e. The van der Waals surface area contributed by atoms with Crippen LogP contribution in [0.3, 0.4) is 0 Å². The van der Waals surface area contributed by atoms with Crippen LogP contribution in [0.15, 0.2) is 6.33 Å². The van der Waals surface area contributed by atoms with Gasteiger partial charge in [0.25, 0.3) is 0 Å². The van der Waals surface area contributed by atoms with Crippen LogP contribution in [0.2, 0.25) is 0 Å². The number of hydrogen-bond acceptors (Lipinski definition) is 5. The quantitative estimate of drug-likeness (QED) is 0.671. The third kappa shape index (κ3) is 2.82. The molecule has 8 heteroatoms. The first kappa shape index (κ1) is 12.5. The fraction of sp³-hybridized carbons (Fsp3) is 0.700. The molecule has 0 spiro atoms. The molecule has 8 nitrogen and oxygen atoms in total. The van der Waals surface area contributed by atoms with Crippen LogP contribution in [0.5, 0.6) is 0 Å². The maximum absolute atomic E-state index is 11.9. The van der Waals surface area contributed by atoms with Crippen molar-refractivity contribution in [3.05, 3.63) is 6.33 Å². The number of nitrogens with zero attached hydrogens (tertiary/aromatic N) is 6. The summed E-state index contributed by atoms with van der Waals surface area (Å²) >= 11 is 0. The average molecular weight is 252 g/mol. The highest BCUT2D eigenvalue weighted by Crippen LogP contribution is 2.04. The Labute approximate surface area is 105 Å². The minimum atomic E-state index is -0.0223. The van der Waals surface area contributed by atoms with Gasteiger partial charge in [0.15, 0.2) is 0 Å². The smallest absolute Gasteiger partial charge is 0.244 e. The lowest BCUT2D eigenvalue weighted by Crippen LogP contribution is -2.51. The molecule has 98 valence electrons. The molecular weight excluding hydrogens is 236 g/mol. The monoisotopic (exact) mass is 252 g/mol. The number of carbonyl (C=O) groups excluding carboxylic acids is 2. The molecule has 1 fully saturated rings. The van der Waals surface area contributed by atoms with E-state index in [0.29, 0.717) is 32.6 Å². The minimum absolute atomic E-state index is 0.0223. The molecule has 2 heterocycles. The average Bonchev–Trinajstić information content (AvgIpc) is 2.91. The first-order valence-corrected chi connectivity index (χ1v) is 5.97. The maximum atomic E-state index is 11.9. The fourth-order valence-electron chi connectivity index (χ4n) is 1.92. The summed E-state index contributed by atoms with van der Waals surface area (Å²) < 4.78 is 1.39. The van der Waals surface area contributed by atoms with Gasteiger partial charge in [0, 0.05) is 32.6 Å². The van der Waals surface area contributed by atoms with Gasteiger partial charge in [0.2, 0.25) is 11.8 Å². The predicted molar refractivity (Wildman–Crippen MR) is 61.3 cm³/mol. The van der Waals surface area contributed by atoms with Gasteiger partial charge in [0.05, 0.1) is 0 Å². The van der Waals surface area contributed by atoms with Crippen molar-refractivity contribution in [3.8, 4) is 0 Å². The van der Waals surface area contributed by atoms with Crippen LogP contribution in [0.25, 0.3) is 0 Å². The van der Waals surface area contributed by atoms with Crippen LogP contribution in [0, 0.1) is 0 Å². The van der Waals surface area contributed by atoms with E-state index in [1.54, 1.807) is 9.80 Å². The fourth-order valence-corrected chi connectivity index (χ4v) is 1.92. The molecule has 0 bridgehead atoms. The molecule has 1 saturated heterocycles. The number of aromatic nitrogens is 4. The Morgan fingerprint density at radius 3 is 2.22 bits per heavy atom. The second-order valence-electron chi connectivity index (χ2n) is 4.12. The molecule has 0 aliphatic carbocycles. The number of amides is 2. The molecular formula is C10H16N6O2. The minimum Gasteiger partial charge on any atom is -0.339 e. The van der Waals surface area contributed by atoms with Gasteiger partial charge < -0.3 is 9.80 Å². The van der Waals surface area contributed by atoms with Crippen LogP contribution >= 0.6 is 0 Å². The van der Waals surface area contributed by atoms with Crippen molar-refractivity contribution in [1.82, 2.24) is 30.0 Å². The number of hydrogen-bond donors (Lipinski definition) is 0. The first-order chi connectivity index (χ1) is 8.70. The van der Waals surface area contributed by atoms with Crippen LogP contribution < -0.4 is 0 Å². The van der Waals surface area contributed by atoms with Gasteiger partial charge in [-0.3, -0.25) is 9.59 Å². The van der Waals surface area contributed by atoms with Crippen LogP contribution in [-0.4, -0.2) is 68.0 Å². The molecule has 1 aliphatic heterocycles. The van der Waals surface area contributed by atoms with E-state index in [2.05, 4.69) is 15.5 Å². The summed E-state index contributed by atoms with van der Waals surface area (Å²) in [7, 11) is 0. The topological polar surface area (TPSA) is 84.2 Å². The van der Waals surface area contributed by atoms with E-state index in [4.69, 9.17) is 0 Å². The number of rotatable bonds is 3. The summed E-state index contributed by atoms with van der Waals surface area (Å²) in [5.74, 6) is 0.119. The highest BCUT2D eigenvalue weighted by molar-refractivity contribution is 5.78. The molecule has 0 unspecified atom stereocenters. The Balaban J connectivity index is 1.82. The summed E-state index contributed by atoms with van der Waals surface area (Å²) in [5.41, 5.74) is 0. The summed E-state index contributed by atoms with van der Waals surface area (Å²) in [5, 5.41) is 10.6. The molecule has 0 aromatic carbocycles. The van der Waals surface area contributed by atoms with E-state index in [9.17, 15) is 9.59 Å². The Hall–Kier alpha value is -1.99. The van der Waals surface area contributed by atoms with E-state index in [1.807, 2.05) is 6.92 Å². The van der Waals surface area contributed by atoms with Crippen LogP contribution in [0.4, 0.5) is 0 Å². The van der Waals surface area contributed by atoms with Crippen molar-refractivity contribution in [2.24, 2.45) is 0 Å². The standard InChI is InChI=1S/C10H16N6O2/c1-2-9(17)14-3-5-15(6-4-14)10(18)7-16-8-11-12-13-16/h8H,2-7H2,1H3. The summed E-state index contributed by atoms with van der Waals surface area (Å²) in [6.07, 6.45) is 1.92. The van der Waals surface area contributed by atoms with Crippen molar-refractivity contribution in [2.45, 2.75) is 19.9 Å². The summed E-state index contributed by atoms with van der Waals surface area (Å²) in [6, 6.07) is 0. The highest BCUT2D eigenvalue weighted by atomic mass is 16.2. The summed E-state index contributed by atoms with van der Waals surface area (Å²) in [4.78, 5) is 26.9. The second kappa shape index (κ2) is 5.56. The molecule has 0 N–H and O–H groups in total.